The highest BCUT2D eigenvalue weighted by molar-refractivity contribution is 5.61. The first kappa shape index (κ1) is 16.0. The van der Waals surface area contributed by atoms with Crippen molar-refractivity contribution in [3.8, 4) is 11.5 Å². The van der Waals surface area contributed by atoms with Gasteiger partial charge in [-0.2, -0.15) is 0 Å². The van der Waals surface area contributed by atoms with Crippen molar-refractivity contribution >= 4 is 5.69 Å². The molecule has 3 saturated heterocycles. The van der Waals surface area contributed by atoms with E-state index in [4.69, 9.17) is 9.47 Å². The molecule has 0 saturated carbocycles. The second-order valence-corrected chi connectivity index (χ2v) is 5.99. The molecule has 3 fully saturated rings. The van der Waals surface area contributed by atoms with E-state index in [2.05, 4.69) is 4.90 Å². The Morgan fingerprint density at radius 2 is 1.96 bits per heavy atom. The highest BCUT2D eigenvalue weighted by Gasteiger charge is 2.45. The van der Waals surface area contributed by atoms with Gasteiger partial charge in [-0.1, -0.05) is 0 Å². The molecule has 1 aromatic carbocycles. The van der Waals surface area contributed by atoms with Gasteiger partial charge < -0.3 is 14.6 Å². The topological polar surface area (TPSA) is 88.3 Å². The van der Waals surface area contributed by atoms with E-state index in [0.29, 0.717) is 17.9 Å². The number of hydrogen-bond acceptors (Lipinski definition) is 7. The second kappa shape index (κ2) is 5.95. The lowest BCUT2D eigenvalue weighted by atomic mass is 9.94. The predicted octanol–water partition coefficient (Wildman–Crippen LogP) is 0.474. The fourth-order valence-corrected chi connectivity index (χ4v) is 3.55. The van der Waals surface area contributed by atoms with E-state index in [1.165, 1.54) is 14.2 Å². The molecule has 3 aliphatic rings. The molecule has 1 atom stereocenters. The van der Waals surface area contributed by atoms with Crippen LogP contribution in [0, 0.1) is 10.1 Å². The maximum absolute atomic E-state index is 11.5. The summed E-state index contributed by atoms with van der Waals surface area (Å²) in [4.78, 5) is 15.3. The molecule has 1 unspecified atom stereocenters. The number of benzene rings is 1. The van der Waals surface area contributed by atoms with Gasteiger partial charge in [-0.15, -0.1) is 0 Å². The molecular formula is C15H21N3O5. The maximum atomic E-state index is 11.5. The van der Waals surface area contributed by atoms with Gasteiger partial charge in [-0.3, -0.25) is 19.9 Å². The largest absolute Gasteiger partial charge is 0.493 e. The molecule has 3 heterocycles. The Bertz CT molecular complexity index is 615. The number of aliphatic hydroxyl groups is 1. The Kier molecular flexibility index (Phi) is 4.13. The third-order valence-corrected chi connectivity index (χ3v) is 4.70. The number of hydrogen-bond donors (Lipinski definition) is 1. The minimum Gasteiger partial charge on any atom is -0.493 e. The smallest absolute Gasteiger partial charge is 0.318 e. The summed E-state index contributed by atoms with van der Waals surface area (Å²) >= 11 is 0. The number of nitro groups is 1. The predicted molar refractivity (Wildman–Crippen MR) is 82.9 cm³/mol. The maximum Gasteiger partial charge on any atom is 0.318 e. The summed E-state index contributed by atoms with van der Waals surface area (Å²) in [7, 11) is 2.81. The van der Waals surface area contributed by atoms with Crippen molar-refractivity contribution in [3.63, 3.8) is 0 Å². The zero-order chi connectivity index (χ0) is 16.6. The minimum absolute atomic E-state index is 0.0925. The first-order valence-corrected chi connectivity index (χ1v) is 7.56. The third-order valence-electron chi connectivity index (χ3n) is 4.70. The van der Waals surface area contributed by atoms with Gasteiger partial charge in [0, 0.05) is 44.7 Å². The number of ether oxygens (including phenoxy) is 2. The van der Waals surface area contributed by atoms with Crippen molar-refractivity contribution < 1.29 is 19.5 Å². The molecule has 0 aromatic heterocycles. The molecule has 0 radical (unpaired) electrons. The molecule has 3 aliphatic heterocycles. The molecular weight excluding hydrogens is 302 g/mol. The Morgan fingerprint density at radius 3 is 2.43 bits per heavy atom. The van der Waals surface area contributed by atoms with Crippen molar-refractivity contribution in [2.75, 3.05) is 46.9 Å². The molecule has 8 heteroatoms. The molecule has 4 rings (SSSR count). The molecule has 0 aliphatic carbocycles. The average Bonchev–Trinajstić information content (AvgIpc) is 2.54. The normalized spacial score (nSPS) is 29.3. The van der Waals surface area contributed by atoms with Gasteiger partial charge >= 0.3 is 5.69 Å². The summed E-state index contributed by atoms with van der Waals surface area (Å²) in [5.74, 6) is 0.402. The van der Waals surface area contributed by atoms with E-state index in [9.17, 15) is 15.2 Å². The molecule has 2 bridgehead atoms. The van der Waals surface area contributed by atoms with Crippen LogP contribution in [0.1, 0.15) is 5.56 Å². The second-order valence-electron chi connectivity index (χ2n) is 5.99. The van der Waals surface area contributed by atoms with Crippen LogP contribution in [0.15, 0.2) is 12.1 Å². The van der Waals surface area contributed by atoms with Crippen LogP contribution in [-0.2, 0) is 6.42 Å². The zero-order valence-electron chi connectivity index (χ0n) is 13.3. The summed E-state index contributed by atoms with van der Waals surface area (Å²) in [5.41, 5.74) is -0.775. The number of fused-ring (bicyclic) bond motifs is 3. The standard InChI is InChI=1S/C15H21N3O5/c1-22-12-4-3-11(13(18(20)21)14(12)23-2)9-15(19)10-16-5-7-17(15)8-6-16/h3-4,19H,5-10H2,1-2H3. The van der Waals surface area contributed by atoms with E-state index >= 15 is 0 Å². The lowest BCUT2D eigenvalue weighted by molar-refractivity contribution is -0.386. The van der Waals surface area contributed by atoms with Gasteiger partial charge in [0.1, 0.15) is 5.72 Å². The molecule has 1 aromatic rings. The van der Waals surface area contributed by atoms with Gasteiger partial charge in [-0.05, 0) is 12.1 Å². The van der Waals surface area contributed by atoms with Gasteiger partial charge in [0.15, 0.2) is 5.75 Å². The van der Waals surface area contributed by atoms with Crippen LogP contribution in [-0.4, -0.2) is 72.5 Å². The van der Waals surface area contributed by atoms with Crippen LogP contribution in [0.25, 0.3) is 0 Å². The zero-order valence-corrected chi connectivity index (χ0v) is 13.3. The number of nitrogens with zero attached hydrogens (tertiary/aromatic N) is 3. The SMILES string of the molecule is COc1ccc(CC2(O)CN3CCN2CC3)c([N+](=O)[O-])c1OC. The lowest BCUT2D eigenvalue weighted by Gasteiger charge is -2.52. The Hall–Kier alpha value is -1.90. The van der Waals surface area contributed by atoms with Crippen LogP contribution >= 0.6 is 0 Å². The molecule has 126 valence electrons. The van der Waals surface area contributed by atoms with Crippen molar-refractivity contribution in [2.24, 2.45) is 0 Å². The highest BCUT2D eigenvalue weighted by atomic mass is 16.6. The summed E-state index contributed by atoms with van der Waals surface area (Å²) in [6, 6.07) is 3.28. The molecule has 1 N–H and O–H groups in total. The van der Waals surface area contributed by atoms with Gasteiger partial charge in [0.25, 0.3) is 0 Å². The van der Waals surface area contributed by atoms with Crippen LogP contribution in [0.2, 0.25) is 0 Å². The summed E-state index contributed by atoms with van der Waals surface area (Å²) < 4.78 is 10.3. The van der Waals surface area contributed by atoms with Crippen molar-refractivity contribution in [1.82, 2.24) is 9.80 Å². The number of nitro benzene ring substituents is 1. The van der Waals surface area contributed by atoms with E-state index in [0.717, 1.165) is 26.2 Å². The number of piperazine rings is 3. The Balaban J connectivity index is 1.98. The first-order chi connectivity index (χ1) is 11.0. The summed E-state index contributed by atoms with van der Waals surface area (Å²) in [6.45, 7) is 3.90. The third kappa shape index (κ3) is 2.73. The van der Waals surface area contributed by atoms with Crippen molar-refractivity contribution in [3.05, 3.63) is 27.8 Å². The molecule has 0 amide bonds. The lowest BCUT2D eigenvalue weighted by Crippen LogP contribution is -2.69. The van der Waals surface area contributed by atoms with E-state index in [1.54, 1.807) is 12.1 Å². The van der Waals surface area contributed by atoms with Crippen molar-refractivity contribution in [1.29, 1.82) is 0 Å². The van der Waals surface area contributed by atoms with Crippen molar-refractivity contribution in [2.45, 2.75) is 12.1 Å². The summed E-state index contributed by atoms with van der Waals surface area (Å²) in [6.07, 6.45) is 0.181. The van der Waals surface area contributed by atoms with Gasteiger partial charge in [0.05, 0.1) is 19.1 Å². The molecule has 0 spiro atoms. The van der Waals surface area contributed by atoms with Crippen LogP contribution in [0.5, 0.6) is 11.5 Å². The monoisotopic (exact) mass is 323 g/mol. The molecule has 8 nitrogen and oxygen atoms in total. The van der Waals surface area contributed by atoms with Gasteiger partial charge in [0.2, 0.25) is 5.75 Å². The van der Waals surface area contributed by atoms with Gasteiger partial charge in [-0.25, -0.2) is 0 Å². The quantitative estimate of drug-likeness (QED) is 0.622. The molecule has 23 heavy (non-hydrogen) atoms. The Morgan fingerprint density at radius 1 is 1.26 bits per heavy atom. The average molecular weight is 323 g/mol. The van der Waals surface area contributed by atoms with E-state index in [1.807, 2.05) is 4.90 Å². The fraction of sp³-hybridized carbons (Fsp3) is 0.600. The van der Waals surface area contributed by atoms with E-state index < -0.39 is 10.6 Å². The van der Waals surface area contributed by atoms with E-state index in [-0.39, 0.29) is 17.9 Å². The van der Waals surface area contributed by atoms with Crippen LogP contribution in [0.4, 0.5) is 5.69 Å². The Labute approximate surface area is 134 Å². The highest BCUT2D eigenvalue weighted by Crippen LogP contribution is 2.41. The first-order valence-electron chi connectivity index (χ1n) is 7.56. The van der Waals surface area contributed by atoms with Crippen LogP contribution in [0.3, 0.4) is 0 Å². The number of methoxy groups -OCH3 is 2. The summed E-state index contributed by atoms with van der Waals surface area (Å²) in [5, 5.41) is 22.5. The minimum atomic E-state index is -1.08. The van der Waals surface area contributed by atoms with Crippen LogP contribution < -0.4 is 9.47 Å². The fourth-order valence-electron chi connectivity index (χ4n) is 3.55. The number of rotatable bonds is 5.